The summed E-state index contributed by atoms with van der Waals surface area (Å²) in [6.07, 6.45) is 2.47. The molecule has 27 heavy (non-hydrogen) atoms. The number of benzene rings is 1. The number of hydrogen-bond acceptors (Lipinski definition) is 5. The largest absolute Gasteiger partial charge is 0.497 e. The number of nitrogens with zero attached hydrogens (tertiary/aromatic N) is 2. The molecule has 1 aromatic carbocycles. The van der Waals surface area contributed by atoms with E-state index in [-0.39, 0.29) is 5.92 Å². The smallest absolute Gasteiger partial charge is 0.307 e. The number of likely N-dealkylation sites (tertiary alicyclic amines) is 1. The number of ether oxygens (including phenoxy) is 2. The molecule has 0 saturated carbocycles. The number of carbonyl (C=O) groups is 1. The van der Waals surface area contributed by atoms with Gasteiger partial charge in [-0.15, -0.1) is 0 Å². The molecule has 6 nitrogen and oxygen atoms in total. The van der Waals surface area contributed by atoms with Crippen LogP contribution in [0.5, 0.6) is 11.5 Å². The quantitative estimate of drug-likeness (QED) is 0.807. The zero-order valence-electron chi connectivity index (χ0n) is 15.8. The number of piperidine rings is 1. The van der Waals surface area contributed by atoms with Crippen molar-refractivity contribution in [1.82, 2.24) is 9.88 Å². The van der Waals surface area contributed by atoms with Gasteiger partial charge in [-0.3, -0.25) is 14.7 Å². The van der Waals surface area contributed by atoms with Gasteiger partial charge in [-0.2, -0.15) is 0 Å². The van der Waals surface area contributed by atoms with Crippen LogP contribution in [0.2, 0.25) is 0 Å². The molecule has 0 amide bonds. The molecule has 1 fully saturated rings. The maximum absolute atomic E-state index is 11.4. The van der Waals surface area contributed by atoms with Crippen LogP contribution in [0.1, 0.15) is 24.6 Å². The molecule has 2 aromatic rings. The third-order valence-corrected chi connectivity index (χ3v) is 4.85. The number of carboxylic acid groups (broad SMARTS) is 1. The van der Waals surface area contributed by atoms with Crippen LogP contribution in [-0.2, 0) is 17.9 Å². The summed E-state index contributed by atoms with van der Waals surface area (Å²) in [7, 11) is 1.64. The predicted octanol–water partition coefficient (Wildman–Crippen LogP) is 3.21. The minimum absolute atomic E-state index is 0.322. The summed E-state index contributed by atoms with van der Waals surface area (Å²) < 4.78 is 11.4. The normalized spacial score (nSPS) is 20.2. The molecule has 144 valence electrons. The first-order valence-corrected chi connectivity index (χ1v) is 9.20. The molecule has 1 N–H and O–H groups in total. The van der Waals surface area contributed by atoms with Crippen LogP contribution in [0.4, 0.5) is 0 Å². The Bertz CT molecular complexity index is 766. The van der Waals surface area contributed by atoms with Gasteiger partial charge in [-0.25, -0.2) is 0 Å². The van der Waals surface area contributed by atoms with E-state index in [1.807, 2.05) is 36.4 Å². The fourth-order valence-corrected chi connectivity index (χ4v) is 3.59. The maximum atomic E-state index is 11.4. The molecule has 2 unspecified atom stereocenters. The van der Waals surface area contributed by atoms with Gasteiger partial charge in [-0.05, 0) is 42.7 Å². The molecule has 1 saturated heterocycles. The average Bonchev–Trinajstić information content (AvgIpc) is 2.67. The first kappa shape index (κ1) is 19.2. The van der Waals surface area contributed by atoms with Crippen LogP contribution in [0.15, 0.2) is 42.6 Å². The highest BCUT2D eigenvalue weighted by atomic mass is 16.5. The van der Waals surface area contributed by atoms with Crippen LogP contribution in [0.25, 0.3) is 0 Å². The Balaban J connectivity index is 1.75. The highest BCUT2D eigenvalue weighted by Gasteiger charge is 2.29. The molecule has 2 atom stereocenters. The van der Waals surface area contributed by atoms with Crippen molar-refractivity contribution < 1.29 is 19.4 Å². The van der Waals surface area contributed by atoms with Crippen molar-refractivity contribution in [3.8, 4) is 11.5 Å². The molecule has 2 heterocycles. The fraction of sp³-hybridized carbons (Fsp3) is 0.429. The predicted molar refractivity (Wildman–Crippen MR) is 102 cm³/mol. The third-order valence-electron chi connectivity index (χ3n) is 4.85. The van der Waals surface area contributed by atoms with E-state index in [2.05, 4.69) is 16.8 Å². The van der Waals surface area contributed by atoms with E-state index in [1.54, 1.807) is 13.3 Å². The second kappa shape index (κ2) is 8.86. The molecule has 0 aliphatic carbocycles. The van der Waals surface area contributed by atoms with Gasteiger partial charge in [0, 0.05) is 31.4 Å². The van der Waals surface area contributed by atoms with E-state index in [4.69, 9.17) is 9.47 Å². The van der Waals surface area contributed by atoms with Crippen molar-refractivity contribution in [2.75, 3.05) is 20.2 Å². The van der Waals surface area contributed by atoms with Gasteiger partial charge in [0.05, 0.1) is 18.7 Å². The number of aliphatic carboxylic acids is 1. The second-order valence-electron chi connectivity index (χ2n) is 7.15. The summed E-state index contributed by atoms with van der Waals surface area (Å²) in [6, 6.07) is 11.5. The second-order valence-corrected chi connectivity index (χ2v) is 7.15. The molecule has 6 heteroatoms. The van der Waals surface area contributed by atoms with Gasteiger partial charge in [0.15, 0.2) is 0 Å². The van der Waals surface area contributed by atoms with Crippen molar-refractivity contribution >= 4 is 5.97 Å². The van der Waals surface area contributed by atoms with Gasteiger partial charge in [0.25, 0.3) is 0 Å². The van der Waals surface area contributed by atoms with Gasteiger partial charge < -0.3 is 14.6 Å². The summed E-state index contributed by atoms with van der Waals surface area (Å²) in [5.74, 6) is 0.839. The third kappa shape index (κ3) is 5.20. The molecule has 1 aromatic heterocycles. The Labute approximate surface area is 159 Å². The average molecular weight is 370 g/mol. The molecule has 0 bridgehead atoms. The number of rotatable bonds is 7. The molecule has 1 aliphatic rings. The summed E-state index contributed by atoms with van der Waals surface area (Å²) >= 11 is 0. The lowest BCUT2D eigenvalue weighted by molar-refractivity contribution is -0.144. The molecule has 1 aliphatic heterocycles. The molecule has 0 radical (unpaired) electrons. The van der Waals surface area contributed by atoms with E-state index in [0.29, 0.717) is 25.6 Å². The number of aromatic nitrogens is 1. The zero-order chi connectivity index (χ0) is 19.2. The fourth-order valence-electron chi connectivity index (χ4n) is 3.59. The van der Waals surface area contributed by atoms with Crippen molar-refractivity contribution in [3.05, 3.63) is 53.9 Å². The van der Waals surface area contributed by atoms with E-state index >= 15 is 0 Å². The minimum Gasteiger partial charge on any atom is -0.497 e. The van der Waals surface area contributed by atoms with E-state index in [9.17, 15) is 9.90 Å². The number of pyridine rings is 1. The lowest BCUT2D eigenvalue weighted by Crippen LogP contribution is -2.42. The molecule has 3 rings (SSSR count). The first-order chi connectivity index (χ1) is 13.0. The molecular weight excluding hydrogens is 344 g/mol. The van der Waals surface area contributed by atoms with Gasteiger partial charge >= 0.3 is 5.97 Å². The standard InChI is InChI=1S/C21H26N2O4/c1-15-9-17(21(24)25)13-23(11-15)12-16-10-19(26-2)6-7-20(16)27-14-18-5-3-4-8-22-18/h3-8,10,15,17H,9,11-14H2,1-2H3,(H,24,25). The highest BCUT2D eigenvalue weighted by Crippen LogP contribution is 2.29. The Morgan fingerprint density at radius 3 is 2.85 bits per heavy atom. The zero-order valence-corrected chi connectivity index (χ0v) is 15.8. The topological polar surface area (TPSA) is 71.9 Å². The van der Waals surface area contributed by atoms with Crippen LogP contribution < -0.4 is 9.47 Å². The van der Waals surface area contributed by atoms with Gasteiger partial charge in [-0.1, -0.05) is 13.0 Å². The lowest BCUT2D eigenvalue weighted by Gasteiger charge is -2.35. The Hall–Kier alpha value is -2.60. The number of carboxylic acids is 1. The summed E-state index contributed by atoms with van der Waals surface area (Å²) in [4.78, 5) is 17.9. The van der Waals surface area contributed by atoms with E-state index < -0.39 is 5.97 Å². The monoisotopic (exact) mass is 370 g/mol. The Morgan fingerprint density at radius 1 is 1.30 bits per heavy atom. The number of methoxy groups -OCH3 is 1. The lowest BCUT2D eigenvalue weighted by atomic mass is 9.90. The van der Waals surface area contributed by atoms with Crippen LogP contribution >= 0.6 is 0 Å². The Kier molecular flexibility index (Phi) is 6.29. The van der Waals surface area contributed by atoms with Crippen molar-refractivity contribution in [1.29, 1.82) is 0 Å². The summed E-state index contributed by atoms with van der Waals surface area (Å²) in [5, 5.41) is 9.41. The SMILES string of the molecule is COc1ccc(OCc2ccccn2)c(CN2CC(C)CC(C(=O)O)C2)c1. The van der Waals surface area contributed by atoms with Crippen molar-refractivity contribution in [2.24, 2.45) is 11.8 Å². The first-order valence-electron chi connectivity index (χ1n) is 9.20. The van der Waals surface area contributed by atoms with E-state index in [1.165, 1.54) is 0 Å². The summed E-state index contributed by atoms with van der Waals surface area (Å²) in [5.41, 5.74) is 1.85. The highest BCUT2D eigenvalue weighted by molar-refractivity contribution is 5.70. The number of hydrogen-bond donors (Lipinski definition) is 1. The van der Waals surface area contributed by atoms with Crippen LogP contribution in [-0.4, -0.2) is 41.2 Å². The maximum Gasteiger partial charge on any atom is 0.307 e. The van der Waals surface area contributed by atoms with Crippen molar-refractivity contribution in [3.63, 3.8) is 0 Å². The summed E-state index contributed by atoms with van der Waals surface area (Å²) in [6.45, 7) is 4.54. The van der Waals surface area contributed by atoms with Crippen molar-refractivity contribution in [2.45, 2.75) is 26.5 Å². The van der Waals surface area contributed by atoms with Gasteiger partial charge in [0.2, 0.25) is 0 Å². The Morgan fingerprint density at radius 2 is 2.15 bits per heavy atom. The molecule has 0 spiro atoms. The van der Waals surface area contributed by atoms with Crippen LogP contribution in [0, 0.1) is 11.8 Å². The van der Waals surface area contributed by atoms with Crippen LogP contribution in [0.3, 0.4) is 0 Å². The minimum atomic E-state index is -0.719. The van der Waals surface area contributed by atoms with E-state index in [0.717, 1.165) is 35.7 Å². The van der Waals surface area contributed by atoms with Gasteiger partial charge in [0.1, 0.15) is 18.1 Å². The molecular formula is C21H26N2O4.